The Balaban J connectivity index is 1.33. The van der Waals surface area contributed by atoms with Crippen LogP contribution in [0.1, 0.15) is 37.0 Å². The number of fused-ring (bicyclic) bond motifs is 1. The minimum Gasteiger partial charge on any atom is -0.489 e. The second kappa shape index (κ2) is 10.0. The molecule has 0 saturated heterocycles. The van der Waals surface area contributed by atoms with E-state index in [-0.39, 0.29) is 11.3 Å². The predicted octanol–water partition coefficient (Wildman–Crippen LogP) is 6.09. The van der Waals surface area contributed by atoms with Gasteiger partial charge in [0.15, 0.2) is 0 Å². The van der Waals surface area contributed by atoms with Crippen molar-refractivity contribution in [3.8, 4) is 11.5 Å². The first-order chi connectivity index (χ1) is 16.3. The molecule has 0 radical (unpaired) electrons. The van der Waals surface area contributed by atoms with E-state index in [4.69, 9.17) is 15.2 Å². The molecule has 0 fully saturated rings. The Morgan fingerprint density at radius 1 is 1.15 bits per heavy atom. The first kappa shape index (κ1) is 23.4. The van der Waals surface area contributed by atoms with Gasteiger partial charge in [0.1, 0.15) is 24.7 Å². The normalized spacial score (nSPS) is 19.1. The third-order valence-electron chi connectivity index (χ3n) is 6.47. The fraction of sp³-hybridized carbons (Fsp3) is 0.233. The van der Waals surface area contributed by atoms with Crippen molar-refractivity contribution in [1.29, 1.82) is 0 Å². The van der Waals surface area contributed by atoms with Crippen molar-refractivity contribution in [3.05, 3.63) is 113 Å². The highest BCUT2D eigenvalue weighted by molar-refractivity contribution is 5.99. The predicted molar refractivity (Wildman–Crippen MR) is 137 cm³/mol. The fourth-order valence-electron chi connectivity index (χ4n) is 4.12. The molecule has 4 nitrogen and oxygen atoms in total. The Morgan fingerprint density at radius 3 is 2.68 bits per heavy atom. The van der Waals surface area contributed by atoms with Crippen molar-refractivity contribution in [2.75, 3.05) is 6.61 Å². The van der Waals surface area contributed by atoms with Crippen molar-refractivity contribution < 1.29 is 14.3 Å². The number of hydrogen-bond acceptors (Lipinski definition) is 3. The summed E-state index contributed by atoms with van der Waals surface area (Å²) in [6.07, 6.45) is 13.9. The average Bonchev–Trinajstić information content (AvgIpc) is 3.28. The minimum atomic E-state index is -0.372. The zero-order valence-corrected chi connectivity index (χ0v) is 19.8. The van der Waals surface area contributed by atoms with Crippen LogP contribution in [0.25, 0.3) is 6.08 Å². The molecule has 2 N–H and O–H groups in total. The topological polar surface area (TPSA) is 61.6 Å². The molecular weight excluding hydrogens is 422 g/mol. The molecule has 1 amide bonds. The number of nitrogens with two attached hydrogens (primary N) is 1. The lowest BCUT2D eigenvalue weighted by Crippen LogP contribution is -2.15. The lowest BCUT2D eigenvalue weighted by atomic mass is 9.77. The molecule has 2 aromatic rings. The number of rotatable bonds is 9. The van der Waals surface area contributed by atoms with Crippen LogP contribution in [0.3, 0.4) is 0 Å². The summed E-state index contributed by atoms with van der Waals surface area (Å²) in [6, 6.07) is 13.7. The van der Waals surface area contributed by atoms with Gasteiger partial charge in [-0.2, -0.15) is 0 Å². The second-order valence-corrected chi connectivity index (χ2v) is 9.16. The van der Waals surface area contributed by atoms with Crippen molar-refractivity contribution in [1.82, 2.24) is 0 Å². The van der Waals surface area contributed by atoms with Gasteiger partial charge in [0.05, 0.1) is 0 Å². The average molecular weight is 454 g/mol. The van der Waals surface area contributed by atoms with Gasteiger partial charge < -0.3 is 15.2 Å². The van der Waals surface area contributed by atoms with Gasteiger partial charge in [-0.25, -0.2) is 0 Å². The van der Waals surface area contributed by atoms with Gasteiger partial charge in [0.2, 0.25) is 5.91 Å². The van der Waals surface area contributed by atoms with Crippen LogP contribution in [-0.2, 0) is 17.8 Å². The van der Waals surface area contributed by atoms with E-state index < -0.39 is 0 Å². The summed E-state index contributed by atoms with van der Waals surface area (Å²) in [5.74, 6) is 1.13. The molecule has 2 aliphatic rings. The van der Waals surface area contributed by atoms with Gasteiger partial charge in [-0.05, 0) is 59.4 Å². The van der Waals surface area contributed by atoms with E-state index >= 15 is 0 Å². The number of allylic oxidation sites excluding steroid dienone is 6. The summed E-state index contributed by atoms with van der Waals surface area (Å²) in [7, 11) is 0. The number of carbonyl (C=O) groups is 1. The Morgan fingerprint density at radius 2 is 1.91 bits per heavy atom. The largest absolute Gasteiger partial charge is 0.489 e. The third kappa shape index (κ3) is 5.40. The maximum Gasteiger partial charge on any atom is 0.244 e. The van der Waals surface area contributed by atoms with Crippen molar-refractivity contribution in [3.63, 3.8) is 0 Å². The molecule has 0 spiro atoms. The van der Waals surface area contributed by atoms with E-state index in [0.717, 1.165) is 40.2 Å². The van der Waals surface area contributed by atoms with E-state index in [1.807, 2.05) is 54.6 Å². The third-order valence-corrected chi connectivity index (χ3v) is 6.47. The molecule has 4 heteroatoms. The molecule has 4 rings (SSSR count). The summed E-state index contributed by atoms with van der Waals surface area (Å²) < 4.78 is 12.1. The quantitative estimate of drug-likeness (QED) is 0.467. The number of primary amides is 1. The van der Waals surface area contributed by atoms with Gasteiger partial charge >= 0.3 is 0 Å². The van der Waals surface area contributed by atoms with Gasteiger partial charge in [-0.1, -0.05) is 68.1 Å². The summed E-state index contributed by atoms with van der Waals surface area (Å²) in [4.78, 5) is 11.6. The highest BCUT2D eigenvalue weighted by atomic mass is 16.5. The number of benzene rings is 2. The molecule has 2 aliphatic carbocycles. The number of carbonyl (C=O) groups excluding carboxylic acids is 1. The van der Waals surface area contributed by atoms with E-state index in [1.54, 1.807) is 0 Å². The Kier molecular flexibility index (Phi) is 6.87. The van der Waals surface area contributed by atoms with E-state index in [9.17, 15) is 4.79 Å². The number of amides is 1. The smallest absolute Gasteiger partial charge is 0.244 e. The molecule has 0 heterocycles. The zero-order valence-electron chi connectivity index (χ0n) is 19.8. The maximum atomic E-state index is 11.6. The summed E-state index contributed by atoms with van der Waals surface area (Å²) in [5, 5.41) is 0. The van der Waals surface area contributed by atoms with E-state index in [0.29, 0.717) is 25.2 Å². The molecular formula is C30H31NO3. The Hall–Kier alpha value is -3.79. The second-order valence-electron chi connectivity index (χ2n) is 9.16. The summed E-state index contributed by atoms with van der Waals surface area (Å²) in [6.45, 7) is 9.39. The highest BCUT2D eigenvalue weighted by Gasteiger charge is 2.23. The first-order valence-electron chi connectivity index (χ1n) is 11.5. The molecule has 1 unspecified atom stereocenters. The number of hydrogen-bond donors (Lipinski definition) is 1. The summed E-state index contributed by atoms with van der Waals surface area (Å²) in [5.41, 5.74) is 11.5. The van der Waals surface area contributed by atoms with Crippen LogP contribution < -0.4 is 15.2 Å². The molecule has 0 aliphatic heterocycles. The van der Waals surface area contributed by atoms with Crippen molar-refractivity contribution in [2.24, 2.45) is 11.1 Å². The van der Waals surface area contributed by atoms with Crippen LogP contribution >= 0.6 is 0 Å². The molecule has 174 valence electrons. The van der Waals surface area contributed by atoms with Gasteiger partial charge in [0, 0.05) is 23.5 Å². The van der Waals surface area contributed by atoms with Gasteiger partial charge in [-0.3, -0.25) is 4.79 Å². The molecule has 0 bridgehead atoms. The Labute approximate surface area is 201 Å². The molecule has 34 heavy (non-hydrogen) atoms. The van der Waals surface area contributed by atoms with E-state index in [1.165, 1.54) is 5.57 Å². The van der Waals surface area contributed by atoms with E-state index in [2.05, 4.69) is 44.7 Å². The fourth-order valence-corrected chi connectivity index (χ4v) is 4.12. The highest BCUT2D eigenvalue weighted by Crippen LogP contribution is 2.35. The lowest BCUT2D eigenvalue weighted by Gasteiger charge is -2.27. The zero-order chi connectivity index (χ0) is 24.1. The van der Waals surface area contributed by atoms with Crippen LogP contribution in [0.4, 0.5) is 0 Å². The molecule has 0 aromatic heterocycles. The SMILES string of the molecule is C=C1C=CC=CC1(C)C/C=C(\C)COc1cccc(OCc2cccc3c2CC(C(N)=O)=C3)c1. The van der Waals surface area contributed by atoms with Crippen LogP contribution in [0.2, 0.25) is 0 Å². The van der Waals surface area contributed by atoms with Crippen LogP contribution in [0.5, 0.6) is 11.5 Å². The van der Waals surface area contributed by atoms with Gasteiger partial charge in [-0.15, -0.1) is 0 Å². The molecule has 2 aromatic carbocycles. The van der Waals surface area contributed by atoms with Crippen LogP contribution in [-0.4, -0.2) is 12.5 Å². The van der Waals surface area contributed by atoms with Crippen molar-refractivity contribution >= 4 is 12.0 Å². The van der Waals surface area contributed by atoms with Crippen LogP contribution in [0, 0.1) is 5.41 Å². The van der Waals surface area contributed by atoms with Crippen LogP contribution in [0.15, 0.2) is 96.1 Å². The standard InChI is InChI=1S/C30H31NO3/c1-21(13-15-30(3)14-5-4-8-22(30)2)19-33-26-11-7-12-27(18-26)34-20-24-10-6-9-23-16-25(29(31)32)17-28(23)24/h4-14,16,18H,2,15,17,19-20H2,1,3H3,(H2,31,32)/b21-13+. The van der Waals surface area contributed by atoms with Gasteiger partial charge in [0.25, 0.3) is 0 Å². The first-order valence-corrected chi connectivity index (χ1v) is 11.5. The molecule has 1 atom stereocenters. The maximum absolute atomic E-state index is 11.6. The monoisotopic (exact) mass is 453 g/mol. The summed E-state index contributed by atoms with van der Waals surface area (Å²) >= 11 is 0. The Bertz CT molecular complexity index is 1230. The lowest BCUT2D eigenvalue weighted by molar-refractivity contribution is -0.114. The minimum absolute atomic E-state index is 0.0465. The molecule has 0 saturated carbocycles. The van der Waals surface area contributed by atoms with Crippen molar-refractivity contribution in [2.45, 2.75) is 33.3 Å². The number of ether oxygens (including phenoxy) is 2.